The van der Waals surface area contributed by atoms with Crippen molar-refractivity contribution < 1.29 is 34.0 Å². The predicted molar refractivity (Wildman–Crippen MR) is 37.6 cm³/mol. The van der Waals surface area contributed by atoms with Gasteiger partial charge in [0.1, 0.15) is 0 Å². The summed E-state index contributed by atoms with van der Waals surface area (Å²) >= 11 is 0. The van der Waals surface area contributed by atoms with Gasteiger partial charge < -0.3 is 24.8 Å². The van der Waals surface area contributed by atoms with Crippen LogP contribution in [0.1, 0.15) is 10.4 Å². The van der Waals surface area contributed by atoms with Crippen LogP contribution in [-0.4, -0.2) is 43.8 Å². The molecule has 0 heterocycles. The third kappa shape index (κ3) is 6.21. The molecule has 0 bridgehead atoms. The zero-order chi connectivity index (χ0) is 6.69. The molecule has 0 amide bonds. The molecule has 0 atom stereocenters. The van der Waals surface area contributed by atoms with E-state index >= 15 is 0 Å². The van der Waals surface area contributed by atoms with Crippen LogP contribution in [0.4, 0.5) is 4.39 Å². The molecule has 1 nitrogen and oxygen atoms in total. The number of halogens is 3. The quantitative estimate of drug-likeness (QED) is 0.354. The number of hydrogen-bond donors (Lipinski definition) is 0. The maximum atomic E-state index is 11.8. The average molecular weight is 235 g/mol. The standard InChI is InChI=1S/C7H5FO.Ca.2ClH/c8-7(9)6-4-2-1-3-5-6;;;/h1-5H;;2*1H/q;+2;;/p-2. The Labute approximate surface area is 113 Å². The summed E-state index contributed by atoms with van der Waals surface area (Å²) in [6, 6.07) is 6.45. The molecule has 0 aliphatic carbocycles. The van der Waals surface area contributed by atoms with Crippen molar-refractivity contribution in [3.05, 3.63) is 35.9 Å². The van der Waals surface area contributed by atoms with E-state index in [0.717, 1.165) is 0 Å². The topological polar surface area (TPSA) is 17.1 Å². The van der Waals surface area contributed by atoms with Crippen molar-refractivity contribution in [2.24, 2.45) is 0 Å². The van der Waals surface area contributed by atoms with Gasteiger partial charge in [-0.2, -0.15) is 4.39 Å². The molecule has 5 heteroatoms. The molecule has 1 rings (SSSR count). The van der Waals surface area contributed by atoms with Gasteiger partial charge in [0.25, 0.3) is 0 Å². The van der Waals surface area contributed by atoms with Crippen LogP contribution in [0, 0.1) is 0 Å². The molecule has 0 spiro atoms. The summed E-state index contributed by atoms with van der Waals surface area (Å²) in [6.45, 7) is 0. The second-order valence-electron chi connectivity index (χ2n) is 1.64. The molecule has 0 saturated heterocycles. The van der Waals surface area contributed by atoms with Gasteiger partial charge in [-0.3, -0.25) is 4.79 Å². The molecule has 0 fully saturated rings. The molecule has 0 aliphatic heterocycles. The van der Waals surface area contributed by atoms with E-state index in [4.69, 9.17) is 0 Å². The first-order valence-electron chi connectivity index (χ1n) is 2.55. The summed E-state index contributed by atoms with van der Waals surface area (Å²) in [4.78, 5) is 9.98. The summed E-state index contributed by atoms with van der Waals surface area (Å²) in [7, 11) is 0. The van der Waals surface area contributed by atoms with Gasteiger partial charge in [0.15, 0.2) is 0 Å². The van der Waals surface area contributed by atoms with E-state index in [1.165, 1.54) is 12.1 Å². The summed E-state index contributed by atoms with van der Waals surface area (Å²) in [5, 5.41) is 0. The van der Waals surface area contributed by atoms with Crippen LogP contribution in [0.2, 0.25) is 0 Å². The summed E-state index contributed by atoms with van der Waals surface area (Å²) in [5.74, 6) is 0. The third-order valence-corrected chi connectivity index (χ3v) is 1.00. The first-order valence-corrected chi connectivity index (χ1v) is 2.55. The first-order chi connectivity index (χ1) is 4.30. The SMILES string of the molecule is O=C(F)c1ccccc1.[Ca+2].[Cl-].[Cl-]. The molecule has 0 radical (unpaired) electrons. The molecule has 0 aliphatic rings. The molecule has 1 aromatic carbocycles. The maximum absolute atomic E-state index is 11.8. The van der Waals surface area contributed by atoms with Gasteiger partial charge in [0.2, 0.25) is 0 Å². The number of benzene rings is 1. The van der Waals surface area contributed by atoms with Crippen LogP contribution >= 0.6 is 0 Å². The van der Waals surface area contributed by atoms with Gasteiger partial charge in [-0.1, -0.05) is 18.2 Å². The van der Waals surface area contributed by atoms with Crippen molar-refractivity contribution in [3.63, 3.8) is 0 Å². The van der Waals surface area contributed by atoms with Crippen molar-refractivity contribution in [2.45, 2.75) is 0 Å². The molecular weight excluding hydrogens is 230 g/mol. The Morgan fingerprint density at radius 1 is 1.08 bits per heavy atom. The Morgan fingerprint density at radius 3 is 1.75 bits per heavy atom. The Morgan fingerprint density at radius 2 is 1.50 bits per heavy atom. The largest absolute Gasteiger partial charge is 2.00 e. The predicted octanol–water partition coefficient (Wildman–Crippen LogP) is -4.58. The van der Waals surface area contributed by atoms with E-state index in [9.17, 15) is 9.18 Å². The summed E-state index contributed by atoms with van der Waals surface area (Å²) < 4.78 is 11.8. The van der Waals surface area contributed by atoms with Crippen molar-refractivity contribution in [2.75, 3.05) is 0 Å². The Kier molecular flexibility index (Phi) is 15.0. The molecule has 0 unspecified atom stereocenters. The smallest absolute Gasteiger partial charge is 1.00 e. The molecule has 0 N–H and O–H groups in total. The number of carbonyl (C=O) groups is 1. The van der Waals surface area contributed by atoms with Crippen LogP contribution in [-0.2, 0) is 0 Å². The van der Waals surface area contributed by atoms with E-state index in [0.29, 0.717) is 0 Å². The minimum atomic E-state index is -1.38. The van der Waals surface area contributed by atoms with Crippen LogP contribution < -0.4 is 24.8 Å². The molecule has 1 aromatic rings. The second kappa shape index (κ2) is 9.75. The molecule has 0 saturated carbocycles. The van der Waals surface area contributed by atoms with E-state index in [1.807, 2.05) is 0 Å². The van der Waals surface area contributed by atoms with Crippen molar-refractivity contribution in [3.8, 4) is 0 Å². The van der Waals surface area contributed by atoms with E-state index in [-0.39, 0.29) is 68.1 Å². The van der Waals surface area contributed by atoms with Gasteiger partial charge in [-0.05, 0) is 12.1 Å². The first kappa shape index (κ1) is 18.4. The zero-order valence-electron chi connectivity index (χ0n) is 6.14. The van der Waals surface area contributed by atoms with Crippen LogP contribution in [0.25, 0.3) is 0 Å². The fourth-order valence-electron chi connectivity index (χ4n) is 0.569. The fraction of sp³-hybridized carbons (Fsp3) is 0. The Bertz CT molecular complexity index is 218. The van der Waals surface area contributed by atoms with Crippen LogP contribution in [0.3, 0.4) is 0 Å². The zero-order valence-corrected chi connectivity index (χ0v) is 9.86. The molecule has 12 heavy (non-hydrogen) atoms. The summed E-state index contributed by atoms with van der Waals surface area (Å²) in [5.41, 5.74) is 0.109. The van der Waals surface area contributed by atoms with E-state index < -0.39 is 6.04 Å². The Hall–Kier alpha value is 0.660. The van der Waals surface area contributed by atoms with E-state index in [2.05, 4.69) is 0 Å². The Balaban J connectivity index is -0.000000270. The molecular formula is C7H5CaCl2FO. The molecule has 0 aromatic heterocycles. The van der Waals surface area contributed by atoms with Gasteiger partial charge in [0, 0.05) is 0 Å². The summed E-state index contributed by atoms with van der Waals surface area (Å²) in [6.07, 6.45) is 0. The minimum Gasteiger partial charge on any atom is -1.00 e. The average Bonchev–Trinajstić information content (AvgIpc) is 1.90. The monoisotopic (exact) mass is 234 g/mol. The van der Waals surface area contributed by atoms with Crippen molar-refractivity contribution in [1.29, 1.82) is 0 Å². The van der Waals surface area contributed by atoms with E-state index in [1.54, 1.807) is 18.2 Å². The maximum Gasteiger partial charge on any atom is 2.00 e. The van der Waals surface area contributed by atoms with Gasteiger partial charge in [-0.15, -0.1) is 0 Å². The third-order valence-electron chi connectivity index (χ3n) is 1.00. The number of hydrogen-bond acceptors (Lipinski definition) is 1. The van der Waals surface area contributed by atoms with Crippen LogP contribution in [0.15, 0.2) is 30.3 Å². The number of carbonyl (C=O) groups excluding carboxylic acids is 1. The van der Waals surface area contributed by atoms with Gasteiger partial charge >= 0.3 is 43.8 Å². The fourth-order valence-corrected chi connectivity index (χ4v) is 0.569. The minimum absolute atomic E-state index is 0. The second-order valence-corrected chi connectivity index (χ2v) is 1.64. The molecule has 62 valence electrons. The van der Waals surface area contributed by atoms with Crippen molar-refractivity contribution in [1.82, 2.24) is 0 Å². The van der Waals surface area contributed by atoms with Crippen molar-refractivity contribution >= 4 is 43.8 Å². The van der Waals surface area contributed by atoms with Gasteiger partial charge in [0.05, 0.1) is 5.56 Å². The number of rotatable bonds is 1. The van der Waals surface area contributed by atoms with Crippen LogP contribution in [0.5, 0.6) is 0 Å². The van der Waals surface area contributed by atoms with Gasteiger partial charge in [-0.25, -0.2) is 0 Å². The normalized spacial score (nSPS) is 6.75.